The van der Waals surface area contributed by atoms with Crippen molar-refractivity contribution in [2.75, 3.05) is 13.1 Å². The molecular formula is C15H19N3O2S. The number of hydrogen-bond acceptors (Lipinski definition) is 3. The number of carbonyl (C=O) groups excluding carboxylic acids is 2. The fourth-order valence-corrected chi connectivity index (χ4v) is 2.30. The summed E-state index contributed by atoms with van der Waals surface area (Å²) in [5, 5.41) is 5.55. The molecule has 1 aliphatic rings. The van der Waals surface area contributed by atoms with Gasteiger partial charge in [0.2, 0.25) is 11.8 Å². The number of amides is 2. The van der Waals surface area contributed by atoms with E-state index in [0.717, 1.165) is 18.4 Å². The van der Waals surface area contributed by atoms with Crippen LogP contribution < -0.4 is 16.4 Å². The Morgan fingerprint density at radius 3 is 2.38 bits per heavy atom. The van der Waals surface area contributed by atoms with Gasteiger partial charge in [-0.05, 0) is 18.4 Å². The minimum Gasteiger partial charge on any atom is -0.392 e. The average Bonchev–Trinajstić information content (AvgIpc) is 3.29. The van der Waals surface area contributed by atoms with E-state index in [2.05, 4.69) is 10.6 Å². The maximum Gasteiger partial charge on any atom is 0.234 e. The third kappa shape index (κ3) is 4.53. The second-order valence-corrected chi connectivity index (χ2v) is 5.57. The molecule has 0 aliphatic heterocycles. The van der Waals surface area contributed by atoms with Crippen LogP contribution in [0, 0.1) is 5.92 Å². The minimum absolute atomic E-state index is 0.0678. The van der Waals surface area contributed by atoms with Gasteiger partial charge in [-0.15, -0.1) is 0 Å². The van der Waals surface area contributed by atoms with E-state index in [1.165, 1.54) is 0 Å². The number of thiocarbonyl (C=S) groups is 1. The highest BCUT2D eigenvalue weighted by Crippen LogP contribution is 2.28. The van der Waals surface area contributed by atoms with Crippen molar-refractivity contribution in [3.63, 3.8) is 0 Å². The highest BCUT2D eigenvalue weighted by Gasteiger charge is 2.29. The average molecular weight is 305 g/mol. The van der Waals surface area contributed by atoms with Gasteiger partial charge in [0.05, 0.1) is 4.99 Å². The number of carbonyl (C=O) groups is 2. The van der Waals surface area contributed by atoms with Gasteiger partial charge in [0.15, 0.2) is 0 Å². The van der Waals surface area contributed by atoms with Gasteiger partial charge in [0.25, 0.3) is 0 Å². The molecular weight excluding hydrogens is 286 g/mol. The number of rotatable bonds is 7. The highest BCUT2D eigenvalue weighted by molar-refractivity contribution is 7.80. The maximum atomic E-state index is 12.2. The van der Waals surface area contributed by atoms with Gasteiger partial charge in [-0.2, -0.15) is 0 Å². The molecule has 1 atom stereocenters. The van der Waals surface area contributed by atoms with E-state index < -0.39 is 5.92 Å². The summed E-state index contributed by atoms with van der Waals surface area (Å²) in [5.41, 5.74) is 6.44. The fourth-order valence-electron chi connectivity index (χ4n) is 2.05. The van der Waals surface area contributed by atoms with Crippen LogP contribution in [0.2, 0.25) is 0 Å². The van der Waals surface area contributed by atoms with Crippen molar-refractivity contribution >= 4 is 29.0 Å². The second-order valence-electron chi connectivity index (χ2n) is 5.10. The van der Waals surface area contributed by atoms with Crippen LogP contribution in [0.4, 0.5) is 0 Å². The molecule has 112 valence electrons. The Morgan fingerprint density at radius 2 is 1.81 bits per heavy atom. The summed E-state index contributed by atoms with van der Waals surface area (Å²) in [6.45, 7) is 0.781. The van der Waals surface area contributed by atoms with Gasteiger partial charge in [-0.25, -0.2) is 0 Å². The van der Waals surface area contributed by atoms with Gasteiger partial charge in [0, 0.05) is 19.0 Å². The zero-order valence-electron chi connectivity index (χ0n) is 11.7. The third-order valence-electron chi connectivity index (χ3n) is 3.35. The summed E-state index contributed by atoms with van der Waals surface area (Å²) in [7, 11) is 0. The van der Waals surface area contributed by atoms with Crippen LogP contribution in [-0.4, -0.2) is 29.9 Å². The predicted molar refractivity (Wildman–Crippen MR) is 84.7 cm³/mol. The molecule has 1 saturated carbocycles. The minimum atomic E-state index is -0.639. The molecule has 1 aliphatic carbocycles. The van der Waals surface area contributed by atoms with E-state index in [-0.39, 0.29) is 22.7 Å². The molecule has 0 heterocycles. The topological polar surface area (TPSA) is 84.2 Å². The molecule has 4 N–H and O–H groups in total. The van der Waals surface area contributed by atoms with Crippen molar-refractivity contribution in [1.82, 2.24) is 10.6 Å². The van der Waals surface area contributed by atoms with Crippen molar-refractivity contribution in [3.05, 3.63) is 35.9 Å². The van der Waals surface area contributed by atoms with Gasteiger partial charge in [-0.1, -0.05) is 42.5 Å². The SMILES string of the molecule is NC(=S)C(C(=O)NCCNC(=O)C1CC1)c1ccccc1. The fraction of sp³-hybridized carbons (Fsp3) is 0.400. The number of nitrogens with two attached hydrogens (primary N) is 1. The van der Waals surface area contributed by atoms with E-state index in [9.17, 15) is 9.59 Å². The lowest BCUT2D eigenvalue weighted by Crippen LogP contribution is -2.40. The Morgan fingerprint density at radius 1 is 1.19 bits per heavy atom. The second kappa shape index (κ2) is 7.17. The van der Waals surface area contributed by atoms with E-state index >= 15 is 0 Å². The standard InChI is InChI=1S/C15H19N3O2S/c16-13(21)12(10-4-2-1-3-5-10)15(20)18-9-8-17-14(19)11-6-7-11/h1-5,11-12H,6-9H2,(H2,16,21)(H,17,19)(H,18,20). The lowest BCUT2D eigenvalue weighted by molar-refractivity contribution is -0.123. The van der Waals surface area contributed by atoms with Crippen molar-refractivity contribution in [2.45, 2.75) is 18.8 Å². The molecule has 6 heteroatoms. The molecule has 1 fully saturated rings. The van der Waals surface area contributed by atoms with Gasteiger partial charge >= 0.3 is 0 Å². The summed E-state index contributed by atoms with van der Waals surface area (Å²) >= 11 is 4.99. The van der Waals surface area contributed by atoms with Crippen molar-refractivity contribution < 1.29 is 9.59 Å². The van der Waals surface area contributed by atoms with Crippen molar-refractivity contribution in [3.8, 4) is 0 Å². The van der Waals surface area contributed by atoms with Gasteiger partial charge in [0.1, 0.15) is 5.92 Å². The van der Waals surface area contributed by atoms with Crippen LogP contribution in [0.5, 0.6) is 0 Å². The first-order valence-electron chi connectivity index (χ1n) is 6.99. The van der Waals surface area contributed by atoms with Crippen LogP contribution in [-0.2, 0) is 9.59 Å². The van der Waals surface area contributed by atoms with Crippen molar-refractivity contribution in [1.29, 1.82) is 0 Å². The zero-order valence-corrected chi connectivity index (χ0v) is 12.5. The quantitative estimate of drug-likeness (QED) is 0.511. The molecule has 1 unspecified atom stereocenters. The summed E-state index contributed by atoms with van der Waals surface area (Å²) in [6.07, 6.45) is 1.94. The molecule has 0 spiro atoms. The predicted octanol–water partition coefficient (Wildman–Crippen LogP) is 0.699. The lowest BCUT2D eigenvalue weighted by atomic mass is 9.98. The smallest absolute Gasteiger partial charge is 0.234 e. The largest absolute Gasteiger partial charge is 0.392 e. The van der Waals surface area contributed by atoms with E-state index in [1.807, 2.05) is 30.3 Å². The number of benzene rings is 1. The van der Waals surface area contributed by atoms with E-state index in [4.69, 9.17) is 18.0 Å². The van der Waals surface area contributed by atoms with Crippen LogP contribution in [0.1, 0.15) is 24.3 Å². The zero-order chi connectivity index (χ0) is 15.2. The summed E-state index contributed by atoms with van der Waals surface area (Å²) < 4.78 is 0. The van der Waals surface area contributed by atoms with Crippen molar-refractivity contribution in [2.24, 2.45) is 11.7 Å². The normalized spacial score (nSPS) is 15.0. The Kier molecular flexibility index (Phi) is 5.27. The van der Waals surface area contributed by atoms with Gasteiger partial charge < -0.3 is 16.4 Å². The lowest BCUT2D eigenvalue weighted by Gasteiger charge is -2.16. The van der Waals surface area contributed by atoms with E-state index in [0.29, 0.717) is 13.1 Å². The number of hydrogen-bond donors (Lipinski definition) is 3. The molecule has 2 rings (SSSR count). The molecule has 5 nitrogen and oxygen atoms in total. The molecule has 0 saturated heterocycles. The van der Waals surface area contributed by atoms with Gasteiger partial charge in [-0.3, -0.25) is 9.59 Å². The van der Waals surface area contributed by atoms with Crippen LogP contribution in [0.3, 0.4) is 0 Å². The molecule has 0 aromatic heterocycles. The first kappa shape index (κ1) is 15.4. The molecule has 0 radical (unpaired) electrons. The first-order chi connectivity index (χ1) is 10.1. The number of nitrogens with one attached hydrogen (secondary N) is 2. The van der Waals surface area contributed by atoms with Crippen LogP contribution in [0.15, 0.2) is 30.3 Å². The summed E-state index contributed by atoms with van der Waals surface area (Å²) in [6, 6.07) is 9.18. The molecule has 21 heavy (non-hydrogen) atoms. The first-order valence-corrected chi connectivity index (χ1v) is 7.40. The van der Waals surface area contributed by atoms with Crippen LogP contribution in [0.25, 0.3) is 0 Å². The summed E-state index contributed by atoms with van der Waals surface area (Å²) in [4.78, 5) is 23.8. The maximum absolute atomic E-state index is 12.2. The Balaban J connectivity index is 1.82. The molecule has 1 aromatic carbocycles. The highest BCUT2D eigenvalue weighted by atomic mass is 32.1. The monoisotopic (exact) mass is 305 g/mol. The van der Waals surface area contributed by atoms with Crippen LogP contribution >= 0.6 is 12.2 Å². The summed E-state index contributed by atoms with van der Waals surface area (Å²) in [5.74, 6) is -0.637. The Labute approximate surface area is 129 Å². The molecule has 2 amide bonds. The third-order valence-corrected chi connectivity index (χ3v) is 3.59. The van der Waals surface area contributed by atoms with E-state index in [1.54, 1.807) is 0 Å². The molecule has 1 aromatic rings. The molecule has 0 bridgehead atoms. The Hall–Kier alpha value is -1.95. The Bertz CT molecular complexity index is 529.